The smallest absolute Gasteiger partial charge is 0.123 e. The Hall–Kier alpha value is -0.740. The Kier molecular flexibility index (Phi) is 6.50. The van der Waals surface area contributed by atoms with E-state index >= 15 is 0 Å². The zero-order valence-electron chi connectivity index (χ0n) is 9.98. The van der Waals surface area contributed by atoms with Gasteiger partial charge < -0.3 is 10.1 Å². The summed E-state index contributed by atoms with van der Waals surface area (Å²) in [4.78, 5) is 1.32. The molecule has 2 aromatic rings. The van der Waals surface area contributed by atoms with Crippen LogP contribution in [0.3, 0.4) is 0 Å². The number of methoxy groups -OCH3 is 1. The number of rotatable bonds is 5. The van der Waals surface area contributed by atoms with Crippen molar-refractivity contribution in [2.24, 2.45) is 0 Å². The normalized spacial score (nSPS) is 9.89. The first kappa shape index (κ1) is 15.3. The fourth-order valence-corrected chi connectivity index (χ4v) is 2.49. The molecule has 1 aromatic carbocycles. The summed E-state index contributed by atoms with van der Waals surface area (Å²) in [6.45, 7) is 1.62. The summed E-state index contributed by atoms with van der Waals surface area (Å²) in [5.41, 5.74) is 1.08. The second kappa shape index (κ2) is 7.64. The fraction of sp³-hybridized carbons (Fsp3) is 0.231. The lowest BCUT2D eigenvalue weighted by Gasteiger charge is -2.09. The molecule has 1 aromatic heterocycles. The number of benzene rings is 1. The molecule has 1 N–H and O–H groups in total. The second-order valence-electron chi connectivity index (χ2n) is 3.64. The summed E-state index contributed by atoms with van der Waals surface area (Å²) in [5, 5.41) is 6.19. The molecule has 0 aliphatic carbocycles. The highest BCUT2D eigenvalue weighted by Crippen LogP contribution is 2.22. The molecule has 0 atom stereocenters. The molecular formula is C13H15Cl2NOS. The van der Waals surface area contributed by atoms with Gasteiger partial charge in [0.05, 0.1) is 7.11 Å². The molecular weight excluding hydrogens is 289 g/mol. The van der Waals surface area contributed by atoms with Crippen molar-refractivity contribution < 1.29 is 4.74 Å². The van der Waals surface area contributed by atoms with Gasteiger partial charge in [-0.2, -0.15) is 0 Å². The zero-order chi connectivity index (χ0) is 12.1. The van der Waals surface area contributed by atoms with Crippen LogP contribution < -0.4 is 10.1 Å². The largest absolute Gasteiger partial charge is 0.496 e. The minimum absolute atomic E-state index is 0. The van der Waals surface area contributed by atoms with Crippen molar-refractivity contribution in [2.75, 3.05) is 7.11 Å². The second-order valence-corrected chi connectivity index (χ2v) is 5.11. The minimum Gasteiger partial charge on any atom is -0.496 e. The molecule has 0 amide bonds. The Labute approximate surface area is 122 Å². The third-order valence-corrected chi connectivity index (χ3v) is 3.55. The molecule has 0 aliphatic heterocycles. The Morgan fingerprint density at radius 2 is 2.11 bits per heavy atom. The van der Waals surface area contributed by atoms with E-state index in [9.17, 15) is 0 Å². The van der Waals surface area contributed by atoms with Crippen LogP contribution in [0.15, 0.2) is 35.7 Å². The van der Waals surface area contributed by atoms with E-state index in [0.29, 0.717) is 0 Å². The number of ether oxygens (including phenoxy) is 1. The average Bonchev–Trinajstić information content (AvgIpc) is 2.82. The average molecular weight is 304 g/mol. The van der Waals surface area contributed by atoms with Crippen molar-refractivity contribution in [1.82, 2.24) is 5.32 Å². The maximum Gasteiger partial charge on any atom is 0.123 e. The molecule has 2 nitrogen and oxygen atoms in total. The molecule has 98 valence electrons. The Morgan fingerprint density at radius 3 is 2.78 bits per heavy atom. The Morgan fingerprint density at radius 1 is 1.28 bits per heavy atom. The topological polar surface area (TPSA) is 21.3 Å². The van der Waals surface area contributed by atoms with E-state index in [1.165, 1.54) is 4.88 Å². The van der Waals surface area contributed by atoms with Crippen molar-refractivity contribution in [1.29, 1.82) is 0 Å². The van der Waals surface area contributed by atoms with Gasteiger partial charge in [0.25, 0.3) is 0 Å². The molecule has 5 heteroatoms. The molecule has 0 unspecified atom stereocenters. The standard InChI is InChI=1S/C13H14ClNOS.ClH/c1-16-13-5-4-11(14)7-10(13)8-15-9-12-3-2-6-17-12;/h2-7,15H,8-9H2,1H3;1H. The lowest BCUT2D eigenvalue weighted by Crippen LogP contribution is -2.12. The number of halogens is 2. The van der Waals surface area contributed by atoms with Crippen LogP contribution >= 0.6 is 35.3 Å². The number of hydrogen-bond donors (Lipinski definition) is 1. The predicted octanol–water partition coefficient (Wildman–Crippen LogP) is 4.12. The quantitative estimate of drug-likeness (QED) is 0.897. The monoisotopic (exact) mass is 303 g/mol. The van der Waals surface area contributed by atoms with E-state index in [-0.39, 0.29) is 12.4 Å². The first-order valence-corrected chi connectivity index (χ1v) is 6.61. The number of thiophene rings is 1. The summed E-state index contributed by atoms with van der Waals surface area (Å²) in [6.07, 6.45) is 0. The lowest BCUT2D eigenvalue weighted by molar-refractivity contribution is 0.407. The highest BCUT2D eigenvalue weighted by Gasteiger charge is 2.03. The summed E-state index contributed by atoms with van der Waals surface area (Å²) < 4.78 is 5.29. The Balaban J connectivity index is 0.00000162. The predicted molar refractivity (Wildman–Crippen MR) is 80.1 cm³/mol. The van der Waals surface area contributed by atoms with Gasteiger partial charge >= 0.3 is 0 Å². The Bertz CT molecular complexity index is 474. The van der Waals surface area contributed by atoms with E-state index in [4.69, 9.17) is 16.3 Å². The van der Waals surface area contributed by atoms with Crippen LogP contribution in [-0.2, 0) is 13.1 Å². The van der Waals surface area contributed by atoms with Crippen molar-refractivity contribution in [3.8, 4) is 5.75 Å². The van der Waals surface area contributed by atoms with Crippen molar-refractivity contribution >= 4 is 35.3 Å². The van der Waals surface area contributed by atoms with Crippen LogP contribution in [0.5, 0.6) is 5.75 Å². The summed E-state index contributed by atoms with van der Waals surface area (Å²) in [7, 11) is 1.67. The van der Waals surface area contributed by atoms with Crippen LogP contribution in [0.4, 0.5) is 0 Å². The molecule has 0 bridgehead atoms. The first-order valence-electron chi connectivity index (χ1n) is 5.35. The third-order valence-electron chi connectivity index (χ3n) is 2.44. The highest BCUT2D eigenvalue weighted by atomic mass is 35.5. The van der Waals surface area contributed by atoms with Gasteiger partial charge in [-0.3, -0.25) is 0 Å². The van der Waals surface area contributed by atoms with E-state index in [2.05, 4.69) is 22.8 Å². The summed E-state index contributed by atoms with van der Waals surface area (Å²) >= 11 is 7.72. The van der Waals surface area contributed by atoms with Gasteiger partial charge in [-0.05, 0) is 29.6 Å². The van der Waals surface area contributed by atoms with Crippen LogP contribution in [0, 0.1) is 0 Å². The molecule has 0 aliphatic rings. The molecule has 0 fully saturated rings. The van der Waals surface area contributed by atoms with Crippen LogP contribution in [-0.4, -0.2) is 7.11 Å². The molecule has 0 spiro atoms. The van der Waals surface area contributed by atoms with Gasteiger partial charge in [0.1, 0.15) is 5.75 Å². The maximum atomic E-state index is 5.97. The fourth-order valence-electron chi connectivity index (χ4n) is 1.62. The third kappa shape index (κ3) is 4.18. The van der Waals surface area contributed by atoms with Crippen LogP contribution in [0.2, 0.25) is 5.02 Å². The van der Waals surface area contributed by atoms with Crippen LogP contribution in [0.25, 0.3) is 0 Å². The van der Waals surface area contributed by atoms with Gasteiger partial charge in [-0.1, -0.05) is 17.7 Å². The SMILES string of the molecule is COc1ccc(Cl)cc1CNCc1cccs1.Cl. The van der Waals surface area contributed by atoms with E-state index in [0.717, 1.165) is 29.4 Å². The molecule has 0 saturated heterocycles. The molecule has 0 radical (unpaired) electrons. The zero-order valence-corrected chi connectivity index (χ0v) is 12.4. The van der Waals surface area contributed by atoms with Gasteiger partial charge in [0, 0.05) is 28.6 Å². The van der Waals surface area contributed by atoms with Gasteiger partial charge in [0.2, 0.25) is 0 Å². The van der Waals surface area contributed by atoms with Crippen LogP contribution in [0.1, 0.15) is 10.4 Å². The highest BCUT2D eigenvalue weighted by molar-refractivity contribution is 7.09. The van der Waals surface area contributed by atoms with Crippen molar-refractivity contribution in [2.45, 2.75) is 13.1 Å². The van der Waals surface area contributed by atoms with Gasteiger partial charge in [-0.25, -0.2) is 0 Å². The summed E-state index contributed by atoms with van der Waals surface area (Å²) in [5.74, 6) is 0.869. The number of hydrogen-bond acceptors (Lipinski definition) is 3. The van der Waals surface area contributed by atoms with Crippen molar-refractivity contribution in [3.63, 3.8) is 0 Å². The van der Waals surface area contributed by atoms with E-state index in [1.807, 2.05) is 18.2 Å². The molecule has 1 heterocycles. The van der Waals surface area contributed by atoms with Gasteiger partial charge in [-0.15, -0.1) is 23.7 Å². The van der Waals surface area contributed by atoms with E-state index < -0.39 is 0 Å². The maximum absolute atomic E-state index is 5.97. The molecule has 18 heavy (non-hydrogen) atoms. The molecule has 0 saturated carbocycles. The summed E-state index contributed by atoms with van der Waals surface area (Å²) in [6, 6.07) is 9.84. The minimum atomic E-state index is 0. The van der Waals surface area contributed by atoms with Gasteiger partial charge in [0.15, 0.2) is 0 Å². The first-order chi connectivity index (χ1) is 8.29. The van der Waals surface area contributed by atoms with Crippen molar-refractivity contribution in [3.05, 3.63) is 51.2 Å². The number of nitrogens with one attached hydrogen (secondary N) is 1. The lowest BCUT2D eigenvalue weighted by atomic mass is 10.2. The van der Waals surface area contributed by atoms with E-state index in [1.54, 1.807) is 18.4 Å². The molecule has 2 rings (SSSR count).